The zero-order chi connectivity index (χ0) is 14.1. The van der Waals surface area contributed by atoms with Gasteiger partial charge in [-0.2, -0.15) is 11.8 Å². The average molecular weight is 300 g/mol. The van der Waals surface area contributed by atoms with E-state index in [1.54, 1.807) is 11.8 Å². The Kier molecular flexibility index (Phi) is 8.25. The van der Waals surface area contributed by atoms with Crippen LogP contribution in [-0.4, -0.2) is 47.9 Å². The molecule has 0 fully saturated rings. The van der Waals surface area contributed by atoms with Gasteiger partial charge < -0.3 is 10.2 Å². The number of thioether (sulfide) groups is 2. The van der Waals surface area contributed by atoms with Gasteiger partial charge in [-0.05, 0) is 26.4 Å². The van der Waals surface area contributed by atoms with E-state index in [1.165, 1.54) is 5.56 Å². The SMILES string of the molecule is CCN(CC)c1nc(SC)ncc1CNCCSC. The molecule has 0 atom stereocenters. The summed E-state index contributed by atoms with van der Waals surface area (Å²) in [5.41, 5.74) is 1.18. The molecule has 1 rings (SSSR count). The zero-order valence-corrected chi connectivity index (χ0v) is 13.9. The van der Waals surface area contributed by atoms with E-state index in [0.29, 0.717) is 0 Å². The highest BCUT2D eigenvalue weighted by molar-refractivity contribution is 7.98. The van der Waals surface area contributed by atoms with Crippen LogP contribution in [0.1, 0.15) is 19.4 Å². The molecule has 0 aliphatic rings. The third-order valence-electron chi connectivity index (χ3n) is 2.86. The van der Waals surface area contributed by atoms with Crippen LogP contribution in [0.4, 0.5) is 5.82 Å². The van der Waals surface area contributed by atoms with Crippen LogP contribution >= 0.6 is 23.5 Å². The molecule has 0 radical (unpaired) electrons. The second kappa shape index (κ2) is 9.44. The molecule has 0 saturated heterocycles. The number of rotatable bonds is 9. The summed E-state index contributed by atoms with van der Waals surface area (Å²) in [5.74, 6) is 2.20. The molecule has 0 amide bonds. The number of aromatic nitrogens is 2. The van der Waals surface area contributed by atoms with Gasteiger partial charge in [-0.15, -0.1) is 0 Å². The van der Waals surface area contributed by atoms with E-state index < -0.39 is 0 Å². The second-order valence-corrected chi connectivity index (χ2v) is 5.81. The fourth-order valence-electron chi connectivity index (χ4n) is 1.80. The lowest BCUT2D eigenvalue weighted by Gasteiger charge is -2.23. The standard InChI is InChI=1S/C13H24N4S2/c1-5-17(6-2)12-11(9-14-7-8-18-3)10-15-13(16-12)19-4/h10,14H,5-9H2,1-4H3. The number of anilines is 1. The summed E-state index contributed by atoms with van der Waals surface area (Å²) in [6.45, 7) is 8.12. The van der Waals surface area contributed by atoms with Gasteiger partial charge in [0.05, 0.1) is 0 Å². The molecule has 6 heteroatoms. The van der Waals surface area contributed by atoms with Crippen LogP contribution in [0, 0.1) is 0 Å². The predicted molar refractivity (Wildman–Crippen MR) is 87.5 cm³/mol. The molecule has 1 heterocycles. The number of nitrogens with zero attached hydrogens (tertiary/aromatic N) is 3. The highest BCUT2D eigenvalue weighted by Gasteiger charge is 2.11. The van der Waals surface area contributed by atoms with E-state index >= 15 is 0 Å². The summed E-state index contributed by atoms with van der Waals surface area (Å²) in [6, 6.07) is 0. The lowest BCUT2D eigenvalue weighted by atomic mass is 10.2. The fourth-order valence-corrected chi connectivity index (χ4v) is 2.48. The maximum absolute atomic E-state index is 4.66. The lowest BCUT2D eigenvalue weighted by Crippen LogP contribution is -2.26. The van der Waals surface area contributed by atoms with Crippen LogP contribution in [0.5, 0.6) is 0 Å². The van der Waals surface area contributed by atoms with Crippen molar-refractivity contribution in [3.8, 4) is 0 Å². The molecule has 0 spiro atoms. The van der Waals surface area contributed by atoms with Gasteiger partial charge in [-0.3, -0.25) is 0 Å². The van der Waals surface area contributed by atoms with Crippen molar-refractivity contribution in [3.05, 3.63) is 11.8 Å². The van der Waals surface area contributed by atoms with E-state index in [4.69, 9.17) is 0 Å². The van der Waals surface area contributed by atoms with Gasteiger partial charge in [-0.1, -0.05) is 11.8 Å². The van der Waals surface area contributed by atoms with Crippen molar-refractivity contribution in [2.45, 2.75) is 25.5 Å². The van der Waals surface area contributed by atoms with Gasteiger partial charge in [0.2, 0.25) is 0 Å². The Morgan fingerprint density at radius 2 is 2.00 bits per heavy atom. The third-order valence-corrected chi connectivity index (χ3v) is 4.04. The van der Waals surface area contributed by atoms with Gasteiger partial charge in [0.15, 0.2) is 5.16 Å². The van der Waals surface area contributed by atoms with E-state index in [-0.39, 0.29) is 0 Å². The molecule has 19 heavy (non-hydrogen) atoms. The quantitative estimate of drug-likeness (QED) is 0.429. The topological polar surface area (TPSA) is 41.1 Å². The summed E-state index contributed by atoms with van der Waals surface area (Å²) >= 11 is 3.44. The molecule has 0 saturated carbocycles. The average Bonchev–Trinajstić information content (AvgIpc) is 2.46. The Morgan fingerprint density at radius 1 is 1.26 bits per heavy atom. The van der Waals surface area contributed by atoms with Crippen LogP contribution in [0.3, 0.4) is 0 Å². The first-order valence-electron chi connectivity index (χ1n) is 6.61. The maximum atomic E-state index is 4.66. The largest absolute Gasteiger partial charge is 0.357 e. The van der Waals surface area contributed by atoms with E-state index in [0.717, 1.165) is 42.9 Å². The fraction of sp³-hybridized carbons (Fsp3) is 0.692. The number of hydrogen-bond donors (Lipinski definition) is 1. The van der Waals surface area contributed by atoms with E-state index in [1.807, 2.05) is 24.2 Å². The summed E-state index contributed by atoms with van der Waals surface area (Å²) in [5, 5.41) is 4.29. The highest BCUT2D eigenvalue weighted by Crippen LogP contribution is 2.20. The lowest BCUT2D eigenvalue weighted by molar-refractivity contribution is 0.709. The first-order valence-corrected chi connectivity index (χ1v) is 9.23. The Bertz CT molecular complexity index is 370. The minimum Gasteiger partial charge on any atom is -0.357 e. The Balaban J connectivity index is 2.82. The van der Waals surface area contributed by atoms with Gasteiger partial charge in [0, 0.05) is 43.7 Å². The Morgan fingerprint density at radius 3 is 2.58 bits per heavy atom. The smallest absolute Gasteiger partial charge is 0.189 e. The molecular weight excluding hydrogens is 276 g/mol. The van der Waals surface area contributed by atoms with Crippen molar-refractivity contribution in [2.75, 3.05) is 42.8 Å². The summed E-state index contributed by atoms with van der Waals surface area (Å²) < 4.78 is 0. The first kappa shape index (κ1) is 16.6. The number of hydrogen-bond acceptors (Lipinski definition) is 6. The maximum Gasteiger partial charge on any atom is 0.189 e. The van der Waals surface area contributed by atoms with Crippen molar-refractivity contribution < 1.29 is 0 Å². The summed E-state index contributed by atoms with van der Waals surface area (Å²) in [6.07, 6.45) is 6.09. The predicted octanol–water partition coefficient (Wildman–Crippen LogP) is 2.50. The first-order chi connectivity index (χ1) is 9.26. The minimum atomic E-state index is 0.834. The van der Waals surface area contributed by atoms with Crippen LogP contribution in [-0.2, 0) is 6.54 Å². The van der Waals surface area contributed by atoms with Crippen LogP contribution in [0.2, 0.25) is 0 Å². The van der Waals surface area contributed by atoms with Crippen molar-refractivity contribution in [2.24, 2.45) is 0 Å². The molecule has 1 aromatic heterocycles. The summed E-state index contributed by atoms with van der Waals surface area (Å²) in [7, 11) is 0. The number of nitrogens with one attached hydrogen (secondary N) is 1. The van der Waals surface area contributed by atoms with E-state index in [9.17, 15) is 0 Å². The monoisotopic (exact) mass is 300 g/mol. The van der Waals surface area contributed by atoms with Crippen LogP contribution in [0.25, 0.3) is 0 Å². The van der Waals surface area contributed by atoms with Crippen LogP contribution < -0.4 is 10.2 Å². The molecule has 4 nitrogen and oxygen atoms in total. The van der Waals surface area contributed by atoms with Gasteiger partial charge in [0.1, 0.15) is 5.82 Å². The molecule has 0 aliphatic carbocycles. The third kappa shape index (κ3) is 5.20. The molecule has 0 aromatic carbocycles. The van der Waals surface area contributed by atoms with Gasteiger partial charge in [0.25, 0.3) is 0 Å². The van der Waals surface area contributed by atoms with Gasteiger partial charge >= 0.3 is 0 Å². The highest BCUT2D eigenvalue weighted by atomic mass is 32.2. The molecule has 108 valence electrons. The Hall–Kier alpha value is -0.460. The molecular formula is C13H24N4S2. The van der Waals surface area contributed by atoms with Crippen molar-refractivity contribution in [1.29, 1.82) is 0 Å². The Labute approximate surface area is 125 Å². The van der Waals surface area contributed by atoms with Crippen molar-refractivity contribution >= 4 is 29.3 Å². The van der Waals surface area contributed by atoms with Crippen molar-refractivity contribution in [1.82, 2.24) is 15.3 Å². The molecule has 0 unspecified atom stereocenters. The molecule has 1 aromatic rings. The minimum absolute atomic E-state index is 0.834. The normalized spacial score (nSPS) is 10.7. The summed E-state index contributed by atoms with van der Waals surface area (Å²) in [4.78, 5) is 11.3. The molecule has 1 N–H and O–H groups in total. The second-order valence-electron chi connectivity index (χ2n) is 4.05. The van der Waals surface area contributed by atoms with Crippen molar-refractivity contribution in [3.63, 3.8) is 0 Å². The van der Waals surface area contributed by atoms with E-state index in [2.05, 4.69) is 40.3 Å². The molecule has 0 bridgehead atoms. The zero-order valence-electron chi connectivity index (χ0n) is 12.3. The van der Waals surface area contributed by atoms with Gasteiger partial charge in [-0.25, -0.2) is 9.97 Å². The van der Waals surface area contributed by atoms with Crippen LogP contribution in [0.15, 0.2) is 11.4 Å². The molecule has 0 aliphatic heterocycles.